The fraction of sp³-hybridized carbons (Fsp3) is 0. The zero-order valence-electron chi connectivity index (χ0n) is 11.7. The molecule has 3 aromatic rings. The van der Waals surface area contributed by atoms with E-state index in [0.29, 0.717) is 16.9 Å². The van der Waals surface area contributed by atoms with Crippen LogP contribution in [0.4, 0.5) is 11.4 Å². The van der Waals surface area contributed by atoms with Gasteiger partial charge >= 0.3 is 0 Å². The van der Waals surface area contributed by atoms with Crippen molar-refractivity contribution >= 4 is 17.3 Å². The summed E-state index contributed by atoms with van der Waals surface area (Å²) < 4.78 is 1.43. The van der Waals surface area contributed by atoms with Crippen molar-refractivity contribution in [3.63, 3.8) is 0 Å². The molecule has 0 spiro atoms. The van der Waals surface area contributed by atoms with Gasteiger partial charge in [-0.2, -0.15) is 0 Å². The van der Waals surface area contributed by atoms with Crippen LogP contribution < -0.4 is 5.32 Å². The Labute approximate surface area is 129 Å². The van der Waals surface area contributed by atoms with Crippen LogP contribution in [0.5, 0.6) is 0 Å². The molecule has 0 unspecified atom stereocenters. The summed E-state index contributed by atoms with van der Waals surface area (Å²) in [6, 6.07) is 12.4. The van der Waals surface area contributed by atoms with Crippen LogP contribution in [0.2, 0.25) is 0 Å². The minimum absolute atomic E-state index is 0.0383. The molecule has 0 bridgehead atoms. The van der Waals surface area contributed by atoms with Crippen molar-refractivity contribution < 1.29 is 9.72 Å². The van der Waals surface area contributed by atoms with Crippen molar-refractivity contribution in [1.82, 2.24) is 20.2 Å². The molecule has 2 aromatic carbocycles. The second-order valence-electron chi connectivity index (χ2n) is 4.56. The molecule has 114 valence electrons. The Morgan fingerprint density at radius 1 is 1.17 bits per heavy atom. The van der Waals surface area contributed by atoms with E-state index in [1.165, 1.54) is 35.3 Å². The number of hydrogen-bond acceptors (Lipinski definition) is 6. The highest BCUT2D eigenvalue weighted by atomic mass is 16.6. The van der Waals surface area contributed by atoms with Gasteiger partial charge in [0, 0.05) is 23.4 Å². The van der Waals surface area contributed by atoms with Gasteiger partial charge in [-0.05, 0) is 40.8 Å². The number of anilines is 1. The normalized spacial score (nSPS) is 10.3. The third-order valence-corrected chi connectivity index (χ3v) is 3.06. The van der Waals surface area contributed by atoms with Gasteiger partial charge < -0.3 is 5.32 Å². The van der Waals surface area contributed by atoms with E-state index in [-0.39, 0.29) is 11.6 Å². The molecule has 1 N–H and O–H groups in total. The number of carbonyl (C=O) groups excluding carboxylic acids is 1. The summed E-state index contributed by atoms with van der Waals surface area (Å²) in [5.41, 5.74) is 1.49. The molecule has 0 aliphatic carbocycles. The Kier molecular flexibility index (Phi) is 3.75. The molecule has 1 amide bonds. The van der Waals surface area contributed by atoms with E-state index in [0.717, 1.165) is 0 Å². The number of tetrazole rings is 1. The number of rotatable bonds is 4. The Bertz CT molecular complexity index is 845. The topological polar surface area (TPSA) is 116 Å². The molecule has 0 atom stereocenters. The second-order valence-corrected chi connectivity index (χ2v) is 4.56. The zero-order chi connectivity index (χ0) is 16.2. The van der Waals surface area contributed by atoms with E-state index < -0.39 is 4.92 Å². The van der Waals surface area contributed by atoms with Gasteiger partial charge in [-0.3, -0.25) is 14.9 Å². The van der Waals surface area contributed by atoms with Crippen LogP contribution in [0, 0.1) is 10.1 Å². The lowest BCUT2D eigenvalue weighted by atomic mass is 10.2. The van der Waals surface area contributed by atoms with E-state index in [4.69, 9.17) is 0 Å². The minimum atomic E-state index is -0.499. The maximum absolute atomic E-state index is 12.2. The maximum Gasteiger partial charge on any atom is 0.269 e. The summed E-state index contributed by atoms with van der Waals surface area (Å²) in [4.78, 5) is 22.4. The third-order valence-electron chi connectivity index (χ3n) is 3.06. The molecule has 3 rings (SSSR count). The molecule has 1 heterocycles. The predicted octanol–water partition coefficient (Wildman–Crippen LogP) is 1.82. The standard InChI is InChI=1S/C14H10N6O3/c21-14(16-11-4-6-12(7-5-11)20(22)23)10-2-1-3-13(8-10)19-9-15-17-18-19/h1-9H,(H,16,21). The van der Waals surface area contributed by atoms with Crippen LogP contribution in [-0.2, 0) is 0 Å². The lowest BCUT2D eigenvalue weighted by Crippen LogP contribution is -2.12. The van der Waals surface area contributed by atoms with Crippen LogP contribution in [0.15, 0.2) is 54.9 Å². The average Bonchev–Trinajstić information content (AvgIpc) is 3.10. The number of nitro benzene ring substituents is 1. The van der Waals surface area contributed by atoms with Gasteiger partial charge in [0.25, 0.3) is 11.6 Å². The first-order chi connectivity index (χ1) is 11.1. The molecule has 0 saturated carbocycles. The number of nitrogens with one attached hydrogen (secondary N) is 1. The van der Waals surface area contributed by atoms with Crippen LogP contribution in [0.25, 0.3) is 5.69 Å². The highest BCUT2D eigenvalue weighted by Crippen LogP contribution is 2.17. The molecule has 0 radical (unpaired) electrons. The number of nitrogens with zero attached hydrogens (tertiary/aromatic N) is 5. The maximum atomic E-state index is 12.2. The van der Waals surface area contributed by atoms with Gasteiger partial charge in [0.15, 0.2) is 0 Å². The van der Waals surface area contributed by atoms with E-state index in [1.54, 1.807) is 24.3 Å². The SMILES string of the molecule is O=C(Nc1ccc([N+](=O)[O-])cc1)c1cccc(-n2cnnn2)c1. The highest BCUT2D eigenvalue weighted by molar-refractivity contribution is 6.04. The number of non-ortho nitro benzene ring substituents is 1. The van der Waals surface area contributed by atoms with E-state index in [2.05, 4.69) is 20.8 Å². The lowest BCUT2D eigenvalue weighted by Gasteiger charge is -2.06. The van der Waals surface area contributed by atoms with Crippen molar-refractivity contribution in [3.05, 3.63) is 70.5 Å². The molecule has 0 saturated heterocycles. The second kappa shape index (κ2) is 6.02. The third kappa shape index (κ3) is 3.18. The molecule has 0 fully saturated rings. The van der Waals surface area contributed by atoms with Crippen molar-refractivity contribution in [1.29, 1.82) is 0 Å². The molecule has 1 aromatic heterocycles. The first-order valence-corrected chi connectivity index (χ1v) is 6.53. The molecular formula is C14H10N6O3. The van der Waals surface area contributed by atoms with E-state index in [1.807, 2.05) is 0 Å². The number of benzene rings is 2. The summed E-state index contributed by atoms with van der Waals surface area (Å²) in [5.74, 6) is -0.339. The van der Waals surface area contributed by atoms with Crippen LogP contribution in [0.3, 0.4) is 0 Å². The van der Waals surface area contributed by atoms with Gasteiger partial charge in [-0.1, -0.05) is 6.07 Å². The fourth-order valence-corrected chi connectivity index (χ4v) is 1.94. The predicted molar refractivity (Wildman–Crippen MR) is 80.2 cm³/mol. The summed E-state index contributed by atoms with van der Waals surface area (Å²) in [5, 5.41) is 24.1. The lowest BCUT2D eigenvalue weighted by molar-refractivity contribution is -0.384. The van der Waals surface area contributed by atoms with Crippen LogP contribution >= 0.6 is 0 Å². The van der Waals surface area contributed by atoms with Crippen LogP contribution in [0.1, 0.15) is 10.4 Å². The minimum Gasteiger partial charge on any atom is -0.322 e. The number of amides is 1. The molecule has 0 aliphatic heterocycles. The van der Waals surface area contributed by atoms with E-state index >= 15 is 0 Å². The number of hydrogen-bond donors (Lipinski definition) is 1. The summed E-state index contributed by atoms with van der Waals surface area (Å²) in [6.07, 6.45) is 1.42. The Morgan fingerprint density at radius 3 is 2.61 bits per heavy atom. The van der Waals surface area contributed by atoms with Crippen molar-refractivity contribution in [2.45, 2.75) is 0 Å². The zero-order valence-corrected chi connectivity index (χ0v) is 11.7. The smallest absolute Gasteiger partial charge is 0.269 e. The van der Waals surface area contributed by atoms with Gasteiger partial charge in [0.2, 0.25) is 0 Å². The molecule has 9 heteroatoms. The summed E-state index contributed by atoms with van der Waals surface area (Å²) in [7, 11) is 0. The van der Waals surface area contributed by atoms with Crippen molar-refractivity contribution in [2.24, 2.45) is 0 Å². The van der Waals surface area contributed by atoms with Crippen LogP contribution in [-0.4, -0.2) is 31.0 Å². The average molecular weight is 310 g/mol. The Hall–Kier alpha value is -3.62. The largest absolute Gasteiger partial charge is 0.322 e. The van der Waals surface area contributed by atoms with Gasteiger partial charge in [0.1, 0.15) is 6.33 Å². The first kappa shape index (κ1) is 14.3. The van der Waals surface area contributed by atoms with Crippen molar-refractivity contribution in [3.8, 4) is 5.69 Å². The number of nitro groups is 1. The summed E-state index contributed by atoms with van der Waals surface area (Å²) in [6.45, 7) is 0. The molecule has 23 heavy (non-hydrogen) atoms. The quantitative estimate of drug-likeness (QED) is 0.580. The van der Waals surface area contributed by atoms with Gasteiger partial charge in [-0.25, -0.2) is 4.68 Å². The van der Waals surface area contributed by atoms with Gasteiger partial charge in [-0.15, -0.1) is 5.10 Å². The van der Waals surface area contributed by atoms with Gasteiger partial charge in [0.05, 0.1) is 10.6 Å². The monoisotopic (exact) mass is 310 g/mol. The molecule has 0 aliphatic rings. The fourth-order valence-electron chi connectivity index (χ4n) is 1.94. The molecular weight excluding hydrogens is 300 g/mol. The van der Waals surface area contributed by atoms with E-state index in [9.17, 15) is 14.9 Å². The van der Waals surface area contributed by atoms with Crippen molar-refractivity contribution in [2.75, 3.05) is 5.32 Å². The first-order valence-electron chi connectivity index (χ1n) is 6.53. The molecule has 9 nitrogen and oxygen atoms in total. The Balaban J connectivity index is 1.78. The highest BCUT2D eigenvalue weighted by Gasteiger charge is 2.09. The number of aromatic nitrogens is 4. The summed E-state index contributed by atoms with van der Waals surface area (Å²) >= 11 is 0. The Morgan fingerprint density at radius 2 is 1.96 bits per heavy atom. The number of carbonyl (C=O) groups is 1.